The van der Waals surface area contributed by atoms with Crippen LogP contribution in [0.2, 0.25) is 0 Å². The molecule has 2 aromatic carbocycles. The molecule has 2 aliphatic heterocycles. The van der Waals surface area contributed by atoms with Gasteiger partial charge in [-0.2, -0.15) is 0 Å². The van der Waals surface area contributed by atoms with E-state index in [9.17, 15) is 0 Å². The molecule has 3 heteroatoms. The summed E-state index contributed by atoms with van der Waals surface area (Å²) in [6.45, 7) is 4.58. The third-order valence-corrected chi connectivity index (χ3v) is 5.70. The Hall–Kier alpha value is -2.00. The van der Waals surface area contributed by atoms with E-state index in [2.05, 4.69) is 67.4 Å². The van der Waals surface area contributed by atoms with E-state index in [0.29, 0.717) is 12.0 Å². The summed E-state index contributed by atoms with van der Waals surface area (Å²) in [4.78, 5) is 2.42. The highest BCUT2D eigenvalue weighted by Gasteiger charge is 2.25. The number of hydrogen-bond acceptors (Lipinski definition) is 3. The SMILES string of the molecule is CC1CN(C)CCCC1Oc1ccc2c(c1)CCC(c1ccccc1)O2. The Bertz CT molecular complexity index is 730. The molecule has 4 rings (SSSR count). The lowest BCUT2D eigenvalue weighted by atomic mass is 9.97. The Kier molecular flexibility index (Phi) is 5.16. The Labute approximate surface area is 156 Å². The summed E-state index contributed by atoms with van der Waals surface area (Å²) < 4.78 is 12.6. The summed E-state index contributed by atoms with van der Waals surface area (Å²) >= 11 is 0. The van der Waals surface area contributed by atoms with Crippen LogP contribution in [0.5, 0.6) is 11.5 Å². The van der Waals surface area contributed by atoms with Gasteiger partial charge < -0.3 is 14.4 Å². The fourth-order valence-corrected chi connectivity index (χ4v) is 4.24. The van der Waals surface area contributed by atoms with Crippen LogP contribution < -0.4 is 9.47 Å². The first-order valence-electron chi connectivity index (χ1n) is 9.89. The van der Waals surface area contributed by atoms with Gasteiger partial charge >= 0.3 is 0 Å². The number of ether oxygens (including phenoxy) is 2. The molecule has 138 valence electrons. The van der Waals surface area contributed by atoms with Crippen molar-refractivity contribution < 1.29 is 9.47 Å². The monoisotopic (exact) mass is 351 g/mol. The van der Waals surface area contributed by atoms with Crippen LogP contribution in [0.15, 0.2) is 48.5 Å². The maximum absolute atomic E-state index is 6.39. The zero-order chi connectivity index (χ0) is 17.9. The van der Waals surface area contributed by atoms with Crippen LogP contribution in [0.1, 0.15) is 43.4 Å². The maximum atomic E-state index is 6.39. The van der Waals surface area contributed by atoms with Gasteiger partial charge in [-0.05, 0) is 68.6 Å². The van der Waals surface area contributed by atoms with Gasteiger partial charge in [0.1, 0.15) is 23.7 Å². The van der Waals surface area contributed by atoms with Crippen molar-refractivity contribution in [3.8, 4) is 11.5 Å². The first kappa shape index (κ1) is 17.4. The summed E-state index contributed by atoms with van der Waals surface area (Å²) in [6.07, 6.45) is 4.86. The molecule has 0 bridgehead atoms. The van der Waals surface area contributed by atoms with Crippen LogP contribution in [0, 0.1) is 5.92 Å². The molecule has 3 nitrogen and oxygen atoms in total. The fraction of sp³-hybridized carbons (Fsp3) is 0.478. The zero-order valence-corrected chi connectivity index (χ0v) is 15.9. The molecule has 0 aliphatic carbocycles. The largest absolute Gasteiger partial charge is 0.490 e. The van der Waals surface area contributed by atoms with Crippen LogP contribution in [0.25, 0.3) is 0 Å². The predicted octanol–water partition coefficient (Wildman–Crippen LogP) is 4.86. The third kappa shape index (κ3) is 3.88. The highest BCUT2D eigenvalue weighted by Crippen LogP contribution is 2.37. The number of rotatable bonds is 3. The van der Waals surface area contributed by atoms with Crippen molar-refractivity contribution in [1.29, 1.82) is 0 Å². The second-order valence-electron chi connectivity index (χ2n) is 7.86. The Morgan fingerprint density at radius 3 is 2.77 bits per heavy atom. The van der Waals surface area contributed by atoms with Crippen LogP contribution in [0.3, 0.4) is 0 Å². The predicted molar refractivity (Wildman–Crippen MR) is 105 cm³/mol. The van der Waals surface area contributed by atoms with Gasteiger partial charge in [0.25, 0.3) is 0 Å². The molecule has 26 heavy (non-hydrogen) atoms. The quantitative estimate of drug-likeness (QED) is 0.788. The average Bonchev–Trinajstić information content (AvgIpc) is 2.82. The molecular weight excluding hydrogens is 322 g/mol. The topological polar surface area (TPSA) is 21.7 Å². The maximum Gasteiger partial charge on any atom is 0.124 e. The zero-order valence-electron chi connectivity index (χ0n) is 15.9. The fourth-order valence-electron chi connectivity index (χ4n) is 4.24. The molecule has 2 aromatic rings. The van der Waals surface area contributed by atoms with E-state index in [0.717, 1.165) is 37.3 Å². The second-order valence-corrected chi connectivity index (χ2v) is 7.86. The molecule has 2 aliphatic rings. The lowest BCUT2D eigenvalue weighted by molar-refractivity contribution is 0.130. The number of hydrogen-bond donors (Lipinski definition) is 0. The normalized spacial score (nSPS) is 26.5. The second kappa shape index (κ2) is 7.71. The van der Waals surface area contributed by atoms with Crippen LogP contribution in [-0.4, -0.2) is 31.1 Å². The van der Waals surface area contributed by atoms with Crippen molar-refractivity contribution in [3.63, 3.8) is 0 Å². The van der Waals surface area contributed by atoms with Crippen molar-refractivity contribution in [2.45, 2.75) is 44.8 Å². The highest BCUT2D eigenvalue weighted by atomic mass is 16.5. The van der Waals surface area contributed by atoms with Crippen LogP contribution in [-0.2, 0) is 6.42 Å². The summed E-state index contributed by atoms with van der Waals surface area (Å²) in [6, 6.07) is 16.9. The molecule has 0 N–H and O–H groups in total. The smallest absolute Gasteiger partial charge is 0.124 e. The van der Waals surface area contributed by atoms with E-state index in [1.807, 2.05) is 0 Å². The summed E-state index contributed by atoms with van der Waals surface area (Å²) in [7, 11) is 2.21. The molecule has 2 heterocycles. The molecule has 0 amide bonds. The van der Waals surface area contributed by atoms with Crippen molar-refractivity contribution in [3.05, 3.63) is 59.7 Å². The molecule has 3 unspecified atom stereocenters. The number of nitrogens with zero attached hydrogens (tertiary/aromatic N) is 1. The third-order valence-electron chi connectivity index (χ3n) is 5.70. The Morgan fingerprint density at radius 1 is 1.08 bits per heavy atom. The van der Waals surface area contributed by atoms with Gasteiger partial charge in [0.15, 0.2) is 0 Å². The van der Waals surface area contributed by atoms with E-state index in [-0.39, 0.29) is 6.10 Å². The van der Waals surface area contributed by atoms with E-state index in [4.69, 9.17) is 9.47 Å². The van der Waals surface area contributed by atoms with Crippen molar-refractivity contribution in [1.82, 2.24) is 4.90 Å². The summed E-state index contributed by atoms with van der Waals surface area (Å²) in [5.74, 6) is 2.55. The minimum Gasteiger partial charge on any atom is -0.490 e. The van der Waals surface area contributed by atoms with E-state index < -0.39 is 0 Å². The molecule has 1 fully saturated rings. The van der Waals surface area contributed by atoms with Gasteiger partial charge in [-0.3, -0.25) is 0 Å². The molecule has 0 spiro atoms. The van der Waals surface area contributed by atoms with E-state index in [1.54, 1.807) is 0 Å². The molecular formula is C23H29NO2. The van der Waals surface area contributed by atoms with E-state index >= 15 is 0 Å². The first-order chi connectivity index (χ1) is 12.7. The minimum absolute atomic E-state index is 0.160. The van der Waals surface area contributed by atoms with Gasteiger partial charge in [-0.15, -0.1) is 0 Å². The van der Waals surface area contributed by atoms with Crippen molar-refractivity contribution >= 4 is 0 Å². The molecule has 3 atom stereocenters. The van der Waals surface area contributed by atoms with Gasteiger partial charge in [-0.1, -0.05) is 37.3 Å². The number of benzene rings is 2. The Balaban J connectivity index is 1.45. The van der Waals surface area contributed by atoms with Crippen LogP contribution >= 0.6 is 0 Å². The lowest BCUT2D eigenvalue weighted by Gasteiger charge is -2.28. The van der Waals surface area contributed by atoms with Gasteiger partial charge in [0, 0.05) is 12.5 Å². The average molecular weight is 351 g/mol. The first-order valence-corrected chi connectivity index (χ1v) is 9.89. The summed E-state index contributed by atoms with van der Waals surface area (Å²) in [5.41, 5.74) is 2.53. The molecule has 0 radical (unpaired) electrons. The van der Waals surface area contributed by atoms with Gasteiger partial charge in [-0.25, -0.2) is 0 Å². The molecule has 0 aromatic heterocycles. The number of likely N-dealkylation sites (tertiary alicyclic amines) is 1. The Morgan fingerprint density at radius 2 is 1.92 bits per heavy atom. The highest BCUT2D eigenvalue weighted by molar-refractivity contribution is 5.42. The summed E-state index contributed by atoms with van der Waals surface area (Å²) in [5, 5.41) is 0. The number of fused-ring (bicyclic) bond motifs is 1. The van der Waals surface area contributed by atoms with Crippen LogP contribution in [0.4, 0.5) is 0 Å². The van der Waals surface area contributed by atoms with Crippen molar-refractivity contribution in [2.24, 2.45) is 5.92 Å². The lowest BCUT2D eigenvalue weighted by Crippen LogP contribution is -2.30. The van der Waals surface area contributed by atoms with Gasteiger partial charge in [0.05, 0.1) is 0 Å². The number of aryl methyl sites for hydroxylation is 1. The standard InChI is InChI=1S/C23H29NO2/c1-17-16-24(2)14-6-9-21(17)25-20-11-13-23-19(15-20)10-12-22(26-23)18-7-4-3-5-8-18/h3-5,7-8,11,13,15,17,21-22H,6,9-10,12,14,16H2,1-2H3. The van der Waals surface area contributed by atoms with Crippen molar-refractivity contribution in [2.75, 3.05) is 20.1 Å². The molecule has 1 saturated heterocycles. The minimum atomic E-state index is 0.160. The molecule has 0 saturated carbocycles. The van der Waals surface area contributed by atoms with E-state index in [1.165, 1.54) is 24.1 Å². The van der Waals surface area contributed by atoms with Gasteiger partial charge in [0.2, 0.25) is 0 Å².